The molecule has 2 N–H and O–H groups in total. The van der Waals surface area contributed by atoms with Gasteiger partial charge in [-0.15, -0.1) is 0 Å². The second-order valence-corrected chi connectivity index (χ2v) is 9.39. The lowest BCUT2D eigenvalue weighted by atomic mass is 10.2. The Hall–Kier alpha value is -2.55. The summed E-state index contributed by atoms with van der Waals surface area (Å²) in [4.78, 5) is 10.7. The summed E-state index contributed by atoms with van der Waals surface area (Å²) in [5, 5.41) is 3.59. The fourth-order valence-corrected chi connectivity index (χ4v) is 4.53. The van der Waals surface area contributed by atoms with Gasteiger partial charge in [0.1, 0.15) is 10.7 Å². The molecule has 30 heavy (non-hydrogen) atoms. The third-order valence-electron chi connectivity index (χ3n) is 4.19. The van der Waals surface area contributed by atoms with Gasteiger partial charge in [0.15, 0.2) is 0 Å². The topological polar surface area (TPSA) is 87.2 Å². The zero-order valence-corrected chi connectivity index (χ0v) is 19.2. The van der Waals surface area contributed by atoms with Crippen molar-refractivity contribution in [3.8, 4) is 0 Å². The molecule has 0 unspecified atom stereocenters. The largest absolute Gasteiger partial charge is 0.363 e. The molecule has 0 bridgehead atoms. The molecule has 10 heteroatoms. The summed E-state index contributed by atoms with van der Waals surface area (Å²) in [6, 6.07) is 11.5. The maximum Gasteiger partial charge on any atom is 0.263 e. The van der Waals surface area contributed by atoms with Gasteiger partial charge in [0.05, 0.1) is 5.02 Å². The van der Waals surface area contributed by atoms with Crippen LogP contribution < -0.4 is 14.9 Å². The fraction of sp³-hybridized carbons (Fsp3) is 0.200. The zero-order chi connectivity index (χ0) is 22.1. The van der Waals surface area contributed by atoms with Gasteiger partial charge in [0.25, 0.3) is 10.0 Å². The highest BCUT2D eigenvalue weighted by Crippen LogP contribution is 2.30. The number of rotatable bonds is 6. The predicted molar refractivity (Wildman–Crippen MR) is 123 cm³/mol. The average Bonchev–Trinajstić information content (AvgIpc) is 2.65. The lowest BCUT2D eigenvalue weighted by Gasteiger charge is -2.14. The van der Waals surface area contributed by atoms with E-state index in [1.165, 1.54) is 12.1 Å². The first-order valence-electron chi connectivity index (χ1n) is 8.94. The lowest BCUT2D eigenvalue weighted by Crippen LogP contribution is -2.14. The number of aromatic nitrogens is 2. The summed E-state index contributed by atoms with van der Waals surface area (Å²) in [6.45, 7) is 3.61. The molecule has 158 valence electrons. The Morgan fingerprint density at radius 1 is 0.900 bits per heavy atom. The van der Waals surface area contributed by atoms with Gasteiger partial charge in [0, 0.05) is 42.3 Å². The molecule has 0 aliphatic rings. The normalized spacial score (nSPS) is 11.3. The number of aryl methyl sites for hydroxylation is 2. The third-order valence-corrected chi connectivity index (χ3v) is 6.45. The summed E-state index contributed by atoms with van der Waals surface area (Å²) >= 11 is 12.1. The van der Waals surface area contributed by atoms with Crippen molar-refractivity contribution in [1.29, 1.82) is 0 Å². The minimum absolute atomic E-state index is 0.0300. The van der Waals surface area contributed by atoms with Crippen molar-refractivity contribution in [3.05, 3.63) is 63.8 Å². The lowest BCUT2D eigenvalue weighted by molar-refractivity contribution is 0.601. The molecule has 0 aliphatic heterocycles. The van der Waals surface area contributed by atoms with Crippen molar-refractivity contribution in [3.63, 3.8) is 0 Å². The minimum Gasteiger partial charge on any atom is -0.363 e. The van der Waals surface area contributed by atoms with Gasteiger partial charge in [-0.1, -0.05) is 23.2 Å². The van der Waals surface area contributed by atoms with E-state index in [9.17, 15) is 8.42 Å². The summed E-state index contributed by atoms with van der Waals surface area (Å²) in [5.41, 5.74) is 2.56. The maximum absolute atomic E-state index is 12.7. The van der Waals surface area contributed by atoms with Crippen molar-refractivity contribution in [2.24, 2.45) is 0 Å². The van der Waals surface area contributed by atoms with Crippen molar-refractivity contribution >= 4 is 56.4 Å². The molecule has 3 rings (SSSR count). The van der Waals surface area contributed by atoms with E-state index in [0.29, 0.717) is 27.9 Å². The van der Waals surface area contributed by atoms with Gasteiger partial charge < -0.3 is 10.2 Å². The molecular formula is C20H21Cl2N5O2S. The quantitative estimate of drug-likeness (QED) is 0.531. The zero-order valence-electron chi connectivity index (χ0n) is 16.9. The highest BCUT2D eigenvalue weighted by molar-refractivity contribution is 7.92. The average molecular weight is 466 g/mol. The van der Waals surface area contributed by atoms with Crippen LogP contribution in [0, 0.1) is 13.8 Å². The van der Waals surface area contributed by atoms with Crippen LogP contribution in [0.25, 0.3) is 0 Å². The van der Waals surface area contributed by atoms with Crippen molar-refractivity contribution in [1.82, 2.24) is 9.97 Å². The van der Waals surface area contributed by atoms with Crippen LogP contribution in [0.1, 0.15) is 11.3 Å². The highest BCUT2D eigenvalue weighted by Gasteiger charge is 2.19. The highest BCUT2D eigenvalue weighted by atomic mass is 35.5. The molecule has 1 aromatic heterocycles. The van der Waals surface area contributed by atoms with Crippen LogP contribution in [0.15, 0.2) is 47.4 Å². The molecule has 0 amide bonds. The van der Waals surface area contributed by atoms with E-state index in [1.807, 2.05) is 32.0 Å². The fourth-order valence-electron chi connectivity index (χ4n) is 2.63. The SMILES string of the molecule is Cc1cc(N(C)C)nc(Nc2ccc(NS(=O)(=O)c3cc(C)c(Cl)cc3Cl)cc2)n1. The Morgan fingerprint density at radius 3 is 2.17 bits per heavy atom. The van der Waals surface area contributed by atoms with E-state index < -0.39 is 10.0 Å². The molecule has 0 radical (unpaired) electrons. The molecule has 0 spiro atoms. The van der Waals surface area contributed by atoms with Crippen molar-refractivity contribution in [2.75, 3.05) is 29.0 Å². The first kappa shape index (κ1) is 22.1. The first-order valence-corrected chi connectivity index (χ1v) is 11.2. The Labute approximate surface area is 186 Å². The second kappa shape index (κ2) is 8.67. The molecule has 0 atom stereocenters. The standard InChI is InChI=1S/C20H21Cl2N5O2S/c1-12-9-18(17(22)11-16(12)21)30(28,29)26-15-7-5-14(6-8-15)24-20-23-13(2)10-19(25-20)27(3)4/h5-11,26H,1-4H3,(H,23,24,25). The number of anilines is 4. The first-order chi connectivity index (χ1) is 14.0. The molecule has 0 saturated carbocycles. The number of nitrogens with zero attached hydrogens (tertiary/aromatic N) is 3. The molecule has 2 aromatic carbocycles. The summed E-state index contributed by atoms with van der Waals surface area (Å²) in [6.07, 6.45) is 0. The second-order valence-electron chi connectivity index (χ2n) is 6.93. The molecule has 1 heterocycles. The Morgan fingerprint density at radius 2 is 1.53 bits per heavy atom. The van der Waals surface area contributed by atoms with Gasteiger partial charge in [-0.25, -0.2) is 13.4 Å². The van der Waals surface area contributed by atoms with Gasteiger partial charge in [-0.3, -0.25) is 4.72 Å². The van der Waals surface area contributed by atoms with Crippen molar-refractivity contribution in [2.45, 2.75) is 18.7 Å². The van der Waals surface area contributed by atoms with Crippen molar-refractivity contribution < 1.29 is 8.42 Å². The summed E-state index contributed by atoms with van der Waals surface area (Å²) in [7, 11) is -0.0596. The van der Waals surface area contributed by atoms with E-state index in [0.717, 1.165) is 11.5 Å². The van der Waals surface area contributed by atoms with E-state index >= 15 is 0 Å². The summed E-state index contributed by atoms with van der Waals surface area (Å²) in [5.74, 6) is 1.24. The number of hydrogen-bond donors (Lipinski definition) is 2. The van der Waals surface area contributed by atoms with E-state index in [-0.39, 0.29) is 9.92 Å². The smallest absolute Gasteiger partial charge is 0.263 e. The van der Waals surface area contributed by atoms with Crippen LogP contribution in [-0.2, 0) is 10.0 Å². The van der Waals surface area contributed by atoms with Crippen LogP contribution in [-0.4, -0.2) is 32.5 Å². The number of halogens is 2. The maximum atomic E-state index is 12.7. The Bertz CT molecular complexity index is 1180. The molecule has 3 aromatic rings. The molecule has 0 saturated heterocycles. The Kier molecular flexibility index (Phi) is 6.40. The molecule has 0 aliphatic carbocycles. The number of sulfonamides is 1. The van der Waals surface area contributed by atoms with Gasteiger partial charge >= 0.3 is 0 Å². The van der Waals surface area contributed by atoms with E-state index in [4.69, 9.17) is 23.2 Å². The van der Waals surface area contributed by atoms with Crippen LogP contribution in [0.5, 0.6) is 0 Å². The van der Waals surface area contributed by atoms with Gasteiger partial charge in [0.2, 0.25) is 5.95 Å². The van der Waals surface area contributed by atoms with Gasteiger partial charge in [-0.05, 0) is 55.8 Å². The van der Waals surface area contributed by atoms with Crippen LogP contribution >= 0.6 is 23.2 Å². The predicted octanol–water partition coefficient (Wildman–Crippen LogP) is 5.01. The third kappa shape index (κ3) is 5.13. The van der Waals surface area contributed by atoms with E-state index in [2.05, 4.69) is 20.0 Å². The number of hydrogen-bond acceptors (Lipinski definition) is 6. The molecule has 7 nitrogen and oxygen atoms in total. The van der Waals surface area contributed by atoms with Gasteiger partial charge in [-0.2, -0.15) is 4.98 Å². The molecule has 0 fully saturated rings. The summed E-state index contributed by atoms with van der Waals surface area (Å²) < 4.78 is 28.0. The molecular weight excluding hydrogens is 445 g/mol. The number of nitrogens with one attached hydrogen (secondary N) is 2. The minimum atomic E-state index is -3.87. The van der Waals surface area contributed by atoms with E-state index in [1.54, 1.807) is 31.2 Å². The Balaban J connectivity index is 1.79. The van der Waals surface area contributed by atoms with Crippen LogP contribution in [0.3, 0.4) is 0 Å². The monoisotopic (exact) mass is 465 g/mol. The van der Waals surface area contributed by atoms with Crippen LogP contribution in [0.2, 0.25) is 10.0 Å². The number of benzene rings is 2. The van der Waals surface area contributed by atoms with Crippen LogP contribution in [0.4, 0.5) is 23.1 Å².